The van der Waals surface area contributed by atoms with Crippen LogP contribution in [-0.2, 0) is 0 Å². The van der Waals surface area contributed by atoms with Crippen LogP contribution < -0.4 is 5.32 Å². The van der Waals surface area contributed by atoms with Gasteiger partial charge in [0, 0.05) is 12.1 Å². The monoisotopic (exact) mass is 218 g/mol. The first-order valence-corrected chi connectivity index (χ1v) is 5.61. The zero-order chi connectivity index (χ0) is 11.8. The highest BCUT2D eigenvalue weighted by molar-refractivity contribution is 5.78. The van der Waals surface area contributed by atoms with Crippen LogP contribution >= 0.6 is 0 Å². The van der Waals surface area contributed by atoms with Gasteiger partial charge in [-0.05, 0) is 26.3 Å². The van der Waals surface area contributed by atoms with E-state index in [2.05, 4.69) is 38.2 Å². The Hall–Kier alpha value is -1.51. The molecule has 1 aromatic rings. The van der Waals surface area contributed by atoms with Crippen LogP contribution in [0.3, 0.4) is 0 Å². The summed E-state index contributed by atoms with van der Waals surface area (Å²) in [4.78, 5) is 13.7. The summed E-state index contributed by atoms with van der Waals surface area (Å²) < 4.78 is 0. The molecule has 0 aliphatic carbocycles. The highest BCUT2D eigenvalue weighted by Gasteiger charge is 2.36. The largest absolute Gasteiger partial charge is 0.329 e. The van der Waals surface area contributed by atoms with Crippen molar-refractivity contribution >= 4 is 6.03 Å². The van der Waals surface area contributed by atoms with Crippen molar-refractivity contribution in [2.45, 2.75) is 32.4 Å². The number of carbonyl (C=O) groups is 1. The van der Waals surface area contributed by atoms with Gasteiger partial charge < -0.3 is 10.2 Å². The summed E-state index contributed by atoms with van der Waals surface area (Å²) in [6, 6.07) is 10.2. The molecule has 86 valence electrons. The van der Waals surface area contributed by atoms with Crippen molar-refractivity contribution < 1.29 is 4.79 Å². The Labute approximate surface area is 96.5 Å². The summed E-state index contributed by atoms with van der Waals surface area (Å²) in [5.74, 6) is 0. The fraction of sp³-hybridized carbons (Fsp3) is 0.462. The summed E-state index contributed by atoms with van der Waals surface area (Å²) in [7, 11) is 0. The van der Waals surface area contributed by atoms with Gasteiger partial charge in [-0.15, -0.1) is 0 Å². The van der Waals surface area contributed by atoms with E-state index in [4.69, 9.17) is 0 Å². The maximum absolute atomic E-state index is 11.8. The molecule has 1 aliphatic heterocycles. The van der Waals surface area contributed by atoms with Gasteiger partial charge in [-0.1, -0.05) is 30.3 Å². The Bertz CT molecular complexity index is 381. The van der Waals surface area contributed by atoms with Crippen molar-refractivity contribution in [3.05, 3.63) is 35.9 Å². The predicted octanol–water partition coefficient (Wildman–Crippen LogP) is 2.55. The molecular formula is C13H18N2O. The van der Waals surface area contributed by atoms with Crippen LogP contribution in [0, 0.1) is 0 Å². The molecule has 1 fully saturated rings. The fourth-order valence-electron chi connectivity index (χ4n) is 1.99. The van der Waals surface area contributed by atoms with Crippen LogP contribution in [-0.4, -0.2) is 23.0 Å². The van der Waals surface area contributed by atoms with Gasteiger partial charge in [0.05, 0.1) is 6.04 Å². The molecular weight excluding hydrogens is 200 g/mol. The van der Waals surface area contributed by atoms with Gasteiger partial charge in [0.15, 0.2) is 0 Å². The van der Waals surface area contributed by atoms with E-state index >= 15 is 0 Å². The molecule has 0 radical (unpaired) electrons. The lowest BCUT2D eigenvalue weighted by Gasteiger charge is -2.30. The van der Waals surface area contributed by atoms with E-state index < -0.39 is 0 Å². The van der Waals surface area contributed by atoms with Gasteiger partial charge in [0.1, 0.15) is 0 Å². The molecule has 1 atom stereocenters. The summed E-state index contributed by atoms with van der Waals surface area (Å²) in [5, 5.41) is 3.01. The Kier molecular flexibility index (Phi) is 2.62. The minimum absolute atomic E-state index is 0.0290. The number of amides is 2. The molecule has 16 heavy (non-hydrogen) atoms. The molecule has 1 aliphatic rings. The minimum Gasteiger partial charge on any atom is -0.329 e. The zero-order valence-corrected chi connectivity index (χ0v) is 10.0. The van der Waals surface area contributed by atoms with E-state index in [0.29, 0.717) is 0 Å². The van der Waals surface area contributed by atoms with Crippen molar-refractivity contribution in [3.63, 3.8) is 0 Å². The van der Waals surface area contributed by atoms with Crippen LogP contribution in [0.15, 0.2) is 30.3 Å². The van der Waals surface area contributed by atoms with Gasteiger partial charge in [-0.2, -0.15) is 0 Å². The third kappa shape index (κ3) is 2.03. The van der Waals surface area contributed by atoms with Crippen LogP contribution in [0.5, 0.6) is 0 Å². The zero-order valence-electron chi connectivity index (χ0n) is 10.0. The minimum atomic E-state index is -0.117. The molecule has 3 nitrogen and oxygen atoms in total. The van der Waals surface area contributed by atoms with Crippen LogP contribution in [0.4, 0.5) is 4.79 Å². The SMILES string of the molecule is CC(C)(C)N1C[C@H](c2ccccc2)NC1=O. The number of carbonyl (C=O) groups excluding carboxylic acids is 1. The van der Waals surface area contributed by atoms with Crippen LogP contribution in [0.25, 0.3) is 0 Å². The van der Waals surface area contributed by atoms with Gasteiger partial charge in [0.25, 0.3) is 0 Å². The lowest BCUT2D eigenvalue weighted by Crippen LogP contribution is -2.43. The summed E-state index contributed by atoms with van der Waals surface area (Å²) >= 11 is 0. The number of nitrogens with one attached hydrogen (secondary N) is 1. The molecule has 0 saturated carbocycles. The Morgan fingerprint density at radius 3 is 2.38 bits per heavy atom. The lowest BCUT2D eigenvalue weighted by molar-refractivity contribution is 0.169. The molecule has 0 unspecified atom stereocenters. The number of nitrogens with zero attached hydrogens (tertiary/aromatic N) is 1. The van der Waals surface area contributed by atoms with Crippen molar-refractivity contribution in [2.24, 2.45) is 0 Å². The number of benzene rings is 1. The van der Waals surface area contributed by atoms with Crippen molar-refractivity contribution in [2.75, 3.05) is 6.54 Å². The normalized spacial score (nSPS) is 21.1. The molecule has 1 saturated heterocycles. The molecule has 1 aromatic carbocycles. The Morgan fingerprint density at radius 2 is 1.88 bits per heavy atom. The first-order chi connectivity index (χ1) is 7.48. The van der Waals surface area contributed by atoms with Crippen LogP contribution in [0.1, 0.15) is 32.4 Å². The third-order valence-electron chi connectivity index (χ3n) is 2.92. The highest BCUT2D eigenvalue weighted by atomic mass is 16.2. The van der Waals surface area contributed by atoms with Gasteiger partial charge in [0.2, 0.25) is 0 Å². The lowest BCUT2D eigenvalue weighted by atomic mass is 10.0. The van der Waals surface area contributed by atoms with Crippen molar-refractivity contribution in [1.82, 2.24) is 10.2 Å². The molecule has 1 N–H and O–H groups in total. The first kappa shape index (κ1) is 11.0. The van der Waals surface area contributed by atoms with E-state index in [0.717, 1.165) is 6.54 Å². The second-order valence-corrected chi connectivity index (χ2v) is 5.19. The second kappa shape index (κ2) is 3.81. The van der Waals surface area contributed by atoms with Gasteiger partial charge in [-0.25, -0.2) is 4.79 Å². The van der Waals surface area contributed by atoms with E-state index in [-0.39, 0.29) is 17.6 Å². The molecule has 0 spiro atoms. The van der Waals surface area contributed by atoms with Gasteiger partial charge >= 0.3 is 6.03 Å². The Morgan fingerprint density at radius 1 is 1.25 bits per heavy atom. The topological polar surface area (TPSA) is 32.3 Å². The highest BCUT2D eigenvalue weighted by Crippen LogP contribution is 2.25. The molecule has 1 heterocycles. The number of hydrogen-bond acceptors (Lipinski definition) is 1. The standard InChI is InChI=1S/C13H18N2O/c1-13(2,3)15-9-11(14-12(15)16)10-7-5-4-6-8-10/h4-8,11H,9H2,1-3H3,(H,14,16)/t11-/m1/s1. The number of rotatable bonds is 1. The smallest absolute Gasteiger partial charge is 0.318 e. The Balaban J connectivity index is 2.16. The second-order valence-electron chi connectivity index (χ2n) is 5.19. The maximum atomic E-state index is 11.8. The quantitative estimate of drug-likeness (QED) is 0.772. The molecule has 2 amide bonds. The average Bonchev–Trinajstić information content (AvgIpc) is 2.61. The van der Waals surface area contributed by atoms with E-state index in [9.17, 15) is 4.79 Å². The number of urea groups is 1. The molecule has 3 heteroatoms. The maximum Gasteiger partial charge on any atom is 0.318 e. The molecule has 0 aromatic heterocycles. The van der Waals surface area contributed by atoms with Crippen LogP contribution in [0.2, 0.25) is 0 Å². The van der Waals surface area contributed by atoms with E-state index in [1.807, 2.05) is 23.1 Å². The average molecular weight is 218 g/mol. The van der Waals surface area contributed by atoms with Crippen molar-refractivity contribution in [3.8, 4) is 0 Å². The van der Waals surface area contributed by atoms with Crippen molar-refractivity contribution in [1.29, 1.82) is 0 Å². The summed E-state index contributed by atoms with van der Waals surface area (Å²) in [6.07, 6.45) is 0. The fourth-order valence-corrected chi connectivity index (χ4v) is 1.99. The summed E-state index contributed by atoms with van der Waals surface area (Å²) in [5.41, 5.74) is 1.05. The molecule has 2 rings (SSSR count). The third-order valence-corrected chi connectivity index (χ3v) is 2.92. The first-order valence-electron chi connectivity index (χ1n) is 5.61. The van der Waals surface area contributed by atoms with E-state index in [1.54, 1.807) is 0 Å². The van der Waals surface area contributed by atoms with E-state index in [1.165, 1.54) is 5.56 Å². The molecule has 0 bridgehead atoms. The number of hydrogen-bond donors (Lipinski definition) is 1. The predicted molar refractivity (Wildman–Crippen MR) is 64.2 cm³/mol. The summed E-state index contributed by atoms with van der Waals surface area (Å²) in [6.45, 7) is 6.91. The van der Waals surface area contributed by atoms with Gasteiger partial charge in [-0.3, -0.25) is 0 Å².